The van der Waals surface area contributed by atoms with E-state index >= 15 is 0 Å². The molecule has 1 aromatic carbocycles. The fourth-order valence-corrected chi connectivity index (χ4v) is 1.97. The Hall–Kier alpha value is -1.26. The highest BCUT2D eigenvalue weighted by Crippen LogP contribution is 2.29. The zero-order valence-electron chi connectivity index (χ0n) is 11.6. The third-order valence-electron chi connectivity index (χ3n) is 2.89. The number of likely N-dealkylation sites (N-methyl/N-ethyl adjacent to an activating group) is 1. The number of methoxy groups -OCH3 is 2. The molecular formula is C14H23NO3. The predicted octanol–water partition coefficient (Wildman–Crippen LogP) is 2.08. The number of hydrogen-bond acceptors (Lipinski definition) is 4. The summed E-state index contributed by atoms with van der Waals surface area (Å²) >= 11 is 0. The van der Waals surface area contributed by atoms with Crippen LogP contribution in [-0.4, -0.2) is 44.4 Å². The summed E-state index contributed by atoms with van der Waals surface area (Å²) in [5.74, 6) is 1.41. The van der Waals surface area contributed by atoms with Gasteiger partial charge in [-0.15, -0.1) is 0 Å². The third-order valence-corrected chi connectivity index (χ3v) is 2.89. The molecule has 0 heterocycles. The summed E-state index contributed by atoms with van der Waals surface area (Å²) in [5.41, 5.74) is 0.764. The largest absolute Gasteiger partial charge is 0.497 e. The van der Waals surface area contributed by atoms with Crippen molar-refractivity contribution in [3.8, 4) is 11.5 Å². The van der Waals surface area contributed by atoms with E-state index in [1.807, 2.05) is 25.2 Å². The molecule has 0 saturated heterocycles. The van der Waals surface area contributed by atoms with E-state index in [2.05, 4.69) is 11.8 Å². The first kappa shape index (κ1) is 14.8. The monoisotopic (exact) mass is 253 g/mol. The SMILES string of the molecule is CCCN(C)CC(O)c1cc(OC)ccc1OC. The van der Waals surface area contributed by atoms with Crippen molar-refractivity contribution in [2.45, 2.75) is 19.4 Å². The molecule has 0 aliphatic heterocycles. The number of nitrogens with zero attached hydrogens (tertiary/aromatic N) is 1. The van der Waals surface area contributed by atoms with Crippen molar-refractivity contribution in [2.75, 3.05) is 34.4 Å². The van der Waals surface area contributed by atoms with Crippen molar-refractivity contribution in [1.29, 1.82) is 0 Å². The predicted molar refractivity (Wildman–Crippen MR) is 72.3 cm³/mol. The fraction of sp³-hybridized carbons (Fsp3) is 0.571. The highest BCUT2D eigenvalue weighted by Gasteiger charge is 2.16. The van der Waals surface area contributed by atoms with Gasteiger partial charge in [0.15, 0.2) is 0 Å². The summed E-state index contributed by atoms with van der Waals surface area (Å²) in [6.45, 7) is 3.66. The number of rotatable bonds is 7. The van der Waals surface area contributed by atoms with Crippen LogP contribution in [0.4, 0.5) is 0 Å². The summed E-state index contributed by atoms with van der Waals surface area (Å²) < 4.78 is 10.5. The van der Waals surface area contributed by atoms with E-state index < -0.39 is 6.10 Å². The lowest BCUT2D eigenvalue weighted by molar-refractivity contribution is 0.124. The Kier molecular flexibility index (Phi) is 5.95. The molecule has 0 aliphatic rings. The van der Waals surface area contributed by atoms with Crippen LogP contribution < -0.4 is 9.47 Å². The molecule has 18 heavy (non-hydrogen) atoms. The molecule has 1 aromatic rings. The smallest absolute Gasteiger partial charge is 0.124 e. The fourth-order valence-electron chi connectivity index (χ4n) is 1.97. The van der Waals surface area contributed by atoms with E-state index in [9.17, 15) is 5.11 Å². The quantitative estimate of drug-likeness (QED) is 0.808. The topological polar surface area (TPSA) is 41.9 Å². The van der Waals surface area contributed by atoms with Gasteiger partial charge in [0.2, 0.25) is 0 Å². The van der Waals surface area contributed by atoms with Gasteiger partial charge in [-0.1, -0.05) is 6.92 Å². The van der Waals surface area contributed by atoms with Crippen LogP contribution in [0.1, 0.15) is 25.0 Å². The Morgan fingerprint density at radius 1 is 1.28 bits per heavy atom. The van der Waals surface area contributed by atoms with Gasteiger partial charge in [0.25, 0.3) is 0 Å². The lowest BCUT2D eigenvalue weighted by Crippen LogP contribution is -2.25. The first-order chi connectivity index (χ1) is 8.62. The standard InChI is InChI=1S/C14H23NO3/c1-5-8-15(2)10-13(16)12-9-11(17-3)6-7-14(12)18-4/h6-7,9,13,16H,5,8,10H2,1-4H3. The van der Waals surface area contributed by atoms with Crippen LogP contribution in [-0.2, 0) is 0 Å². The normalized spacial score (nSPS) is 12.6. The van der Waals surface area contributed by atoms with Crippen LogP contribution in [0.25, 0.3) is 0 Å². The molecule has 102 valence electrons. The minimum atomic E-state index is -0.577. The van der Waals surface area contributed by atoms with E-state index in [0.29, 0.717) is 12.3 Å². The summed E-state index contributed by atoms with van der Waals surface area (Å²) in [5, 5.41) is 10.3. The molecule has 0 bridgehead atoms. The van der Waals surface area contributed by atoms with Crippen molar-refractivity contribution in [3.63, 3.8) is 0 Å². The Labute approximate surface area is 109 Å². The molecule has 1 rings (SSSR count). The van der Waals surface area contributed by atoms with Gasteiger partial charge < -0.3 is 19.5 Å². The highest BCUT2D eigenvalue weighted by atomic mass is 16.5. The molecule has 0 fully saturated rings. The Morgan fingerprint density at radius 2 is 2.00 bits per heavy atom. The third kappa shape index (κ3) is 3.89. The zero-order valence-corrected chi connectivity index (χ0v) is 11.6. The molecule has 0 radical (unpaired) electrons. The molecule has 0 saturated carbocycles. The van der Waals surface area contributed by atoms with Crippen molar-refractivity contribution in [3.05, 3.63) is 23.8 Å². The van der Waals surface area contributed by atoms with Gasteiger partial charge >= 0.3 is 0 Å². The van der Waals surface area contributed by atoms with Gasteiger partial charge in [-0.25, -0.2) is 0 Å². The number of aliphatic hydroxyl groups is 1. The Balaban J connectivity index is 2.85. The maximum Gasteiger partial charge on any atom is 0.124 e. The molecule has 0 aliphatic carbocycles. The second kappa shape index (κ2) is 7.24. The number of hydrogen-bond donors (Lipinski definition) is 1. The molecular weight excluding hydrogens is 230 g/mol. The first-order valence-electron chi connectivity index (χ1n) is 6.20. The molecule has 4 heteroatoms. The molecule has 0 amide bonds. The molecule has 1 atom stereocenters. The van der Waals surface area contributed by atoms with Crippen molar-refractivity contribution in [2.24, 2.45) is 0 Å². The number of aliphatic hydroxyl groups excluding tert-OH is 1. The average molecular weight is 253 g/mol. The maximum absolute atomic E-state index is 10.3. The van der Waals surface area contributed by atoms with E-state index in [4.69, 9.17) is 9.47 Å². The summed E-state index contributed by atoms with van der Waals surface area (Å²) in [4.78, 5) is 2.10. The number of benzene rings is 1. The van der Waals surface area contributed by atoms with E-state index in [1.54, 1.807) is 14.2 Å². The van der Waals surface area contributed by atoms with Gasteiger partial charge in [-0.2, -0.15) is 0 Å². The highest BCUT2D eigenvalue weighted by molar-refractivity contribution is 5.41. The second-order valence-electron chi connectivity index (χ2n) is 4.39. The summed E-state index contributed by atoms with van der Waals surface area (Å²) in [7, 11) is 5.22. The minimum absolute atomic E-state index is 0.577. The summed E-state index contributed by atoms with van der Waals surface area (Å²) in [6, 6.07) is 5.46. The second-order valence-corrected chi connectivity index (χ2v) is 4.39. The van der Waals surface area contributed by atoms with Gasteiger partial charge in [0.1, 0.15) is 11.5 Å². The van der Waals surface area contributed by atoms with E-state index in [1.165, 1.54) is 0 Å². The van der Waals surface area contributed by atoms with Gasteiger partial charge in [-0.3, -0.25) is 0 Å². The van der Waals surface area contributed by atoms with Crippen molar-refractivity contribution in [1.82, 2.24) is 4.90 Å². The molecule has 4 nitrogen and oxygen atoms in total. The van der Waals surface area contributed by atoms with Crippen LogP contribution >= 0.6 is 0 Å². The van der Waals surface area contributed by atoms with E-state index in [0.717, 1.165) is 24.3 Å². The van der Waals surface area contributed by atoms with Crippen molar-refractivity contribution < 1.29 is 14.6 Å². The molecule has 0 spiro atoms. The molecule has 1 unspecified atom stereocenters. The summed E-state index contributed by atoms with van der Waals surface area (Å²) in [6.07, 6.45) is 0.491. The number of ether oxygens (including phenoxy) is 2. The lowest BCUT2D eigenvalue weighted by Gasteiger charge is -2.21. The van der Waals surface area contributed by atoms with E-state index in [-0.39, 0.29) is 0 Å². The van der Waals surface area contributed by atoms with Gasteiger partial charge in [-0.05, 0) is 38.2 Å². The van der Waals surface area contributed by atoms with Crippen LogP contribution in [0.15, 0.2) is 18.2 Å². The van der Waals surface area contributed by atoms with Crippen LogP contribution in [0.5, 0.6) is 11.5 Å². The van der Waals surface area contributed by atoms with Crippen LogP contribution in [0.2, 0.25) is 0 Å². The zero-order chi connectivity index (χ0) is 13.5. The molecule has 0 aromatic heterocycles. The van der Waals surface area contributed by atoms with Crippen LogP contribution in [0, 0.1) is 0 Å². The Morgan fingerprint density at radius 3 is 2.56 bits per heavy atom. The maximum atomic E-state index is 10.3. The Bertz CT molecular complexity index is 368. The lowest BCUT2D eigenvalue weighted by atomic mass is 10.1. The van der Waals surface area contributed by atoms with Gasteiger partial charge in [0, 0.05) is 12.1 Å². The van der Waals surface area contributed by atoms with Gasteiger partial charge in [0.05, 0.1) is 20.3 Å². The van der Waals surface area contributed by atoms with Crippen molar-refractivity contribution >= 4 is 0 Å². The minimum Gasteiger partial charge on any atom is -0.497 e. The average Bonchev–Trinajstić information content (AvgIpc) is 2.38. The first-order valence-corrected chi connectivity index (χ1v) is 6.20. The molecule has 1 N–H and O–H groups in total. The van der Waals surface area contributed by atoms with Crippen LogP contribution in [0.3, 0.4) is 0 Å².